The van der Waals surface area contributed by atoms with Gasteiger partial charge < -0.3 is 9.47 Å². The first kappa shape index (κ1) is 21.6. The van der Waals surface area contributed by atoms with Gasteiger partial charge in [-0.1, -0.05) is 54.6 Å². The Bertz CT molecular complexity index is 1350. The highest BCUT2D eigenvalue weighted by atomic mass is 79.9. The molecule has 4 aromatic rings. The van der Waals surface area contributed by atoms with Crippen molar-refractivity contribution in [3.8, 4) is 17.6 Å². The number of halogens is 2. The lowest BCUT2D eigenvalue weighted by atomic mass is 10.0. The van der Waals surface area contributed by atoms with Gasteiger partial charge in [-0.2, -0.15) is 5.26 Å². The molecule has 158 valence electrons. The Labute approximate surface area is 194 Å². The van der Waals surface area contributed by atoms with E-state index < -0.39 is 0 Å². The van der Waals surface area contributed by atoms with Gasteiger partial charge in [0.25, 0.3) is 0 Å². The minimum absolute atomic E-state index is 0.350. The van der Waals surface area contributed by atoms with Crippen LogP contribution in [0.25, 0.3) is 22.4 Å². The molecular formula is C27H19BrFNO2. The normalized spacial score (nSPS) is 11.2. The van der Waals surface area contributed by atoms with Crippen molar-refractivity contribution in [2.45, 2.75) is 6.61 Å². The molecule has 0 bridgehead atoms. The number of benzene rings is 4. The standard InChI is InChI=1S/C27H19BrFNO2/c1-31-26-14-18(12-22(16-30)20-8-5-10-23(29)15-20)13-25(28)27(26)32-17-21-9-4-7-19-6-2-3-11-24(19)21/h2-15H,17H2,1H3/b22-12+. The molecule has 0 aliphatic carbocycles. The van der Waals surface area contributed by atoms with E-state index in [0.717, 1.165) is 21.9 Å². The van der Waals surface area contributed by atoms with Gasteiger partial charge in [0.1, 0.15) is 12.4 Å². The summed E-state index contributed by atoms with van der Waals surface area (Å²) in [6.07, 6.45) is 1.69. The lowest BCUT2D eigenvalue weighted by Gasteiger charge is -2.15. The molecule has 0 aliphatic rings. The molecule has 0 radical (unpaired) electrons. The second-order valence-corrected chi connectivity index (χ2v) is 8.00. The van der Waals surface area contributed by atoms with Gasteiger partial charge in [0.15, 0.2) is 11.5 Å². The van der Waals surface area contributed by atoms with E-state index in [1.165, 1.54) is 12.1 Å². The fourth-order valence-corrected chi connectivity index (χ4v) is 4.11. The summed E-state index contributed by atoms with van der Waals surface area (Å²) in [7, 11) is 1.57. The Morgan fingerprint density at radius 1 is 1.03 bits per heavy atom. The molecule has 0 aliphatic heterocycles. The lowest BCUT2D eigenvalue weighted by molar-refractivity contribution is 0.283. The van der Waals surface area contributed by atoms with Crippen molar-refractivity contribution < 1.29 is 13.9 Å². The highest BCUT2D eigenvalue weighted by molar-refractivity contribution is 9.10. The maximum atomic E-state index is 13.6. The zero-order valence-electron chi connectivity index (χ0n) is 17.3. The summed E-state index contributed by atoms with van der Waals surface area (Å²) < 4.78 is 26.0. The minimum Gasteiger partial charge on any atom is -0.493 e. The average Bonchev–Trinajstić information content (AvgIpc) is 2.81. The largest absolute Gasteiger partial charge is 0.493 e. The van der Waals surface area contributed by atoms with E-state index in [0.29, 0.717) is 33.7 Å². The summed E-state index contributed by atoms with van der Waals surface area (Å²) in [5.41, 5.74) is 2.66. The van der Waals surface area contributed by atoms with Crippen molar-refractivity contribution in [1.29, 1.82) is 5.26 Å². The summed E-state index contributed by atoms with van der Waals surface area (Å²) in [5, 5.41) is 11.9. The van der Waals surface area contributed by atoms with Crippen molar-refractivity contribution in [2.24, 2.45) is 0 Å². The molecule has 0 heterocycles. The van der Waals surface area contributed by atoms with E-state index >= 15 is 0 Å². The fourth-order valence-electron chi connectivity index (χ4n) is 3.53. The minimum atomic E-state index is -0.389. The molecule has 0 spiro atoms. The molecular weight excluding hydrogens is 469 g/mol. The second kappa shape index (κ2) is 9.67. The van der Waals surface area contributed by atoms with Crippen molar-refractivity contribution in [3.05, 3.63) is 106 Å². The number of rotatable bonds is 6. The predicted molar refractivity (Wildman–Crippen MR) is 129 cm³/mol. The van der Waals surface area contributed by atoms with E-state index in [-0.39, 0.29) is 5.82 Å². The van der Waals surface area contributed by atoms with E-state index in [9.17, 15) is 9.65 Å². The number of fused-ring (bicyclic) bond motifs is 1. The van der Waals surface area contributed by atoms with Gasteiger partial charge in [-0.15, -0.1) is 0 Å². The van der Waals surface area contributed by atoms with Crippen LogP contribution < -0.4 is 9.47 Å². The first-order chi connectivity index (χ1) is 15.6. The molecule has 0 atom stereocenters. The van der Waals surface area contributed by atoms with E-state index in [1.54, 1.807) is 31.4 Å². The highest BCUT2D eigenvalue weighted by Crippen LogP contribution is 2.38. The number of hydrogen-bond donors (Lipinski definition) is 0. The molecule has 0 aromatic heterocycles. The van der Waals surface area contributed by atoms with Crippen molar-refractivity contribution in [3.63, 3.8) is 0 Å². The molecule has 32 heavy (non-hydrogen) atoms. The molecule has 4 rings (SSSR count). The van der Waals surface area contributed by atoms with Crippen LogP contribution in [0.15, 0.2) is 83.3 Å². The average molecular weight is 488 g/mol. The Kier molecular flexibility index (Phi) is 6.53. The molecule has 0 fully saturated rings. The molecule has 0 amide bonds. The third-order valence-electron chi connectivity index (χ3n) is 5.07. The lowest BCUT2D eigenvalue weighted by Crippen LogP contribution is -2.00. The van der Waals surface area contributed by atoms with Crippen LogP contribution >= 0.6 is 15.9 Å². The topological polar surface area (TPSA) is 42.2 Å². The van der Waals surface area contributed by atoms with Crippen molar-refractivity contribution >= 4 is 38.4 Å². The molecule has 4 aromatic carbocycles. The Morgan fingerprint density at radius 3 is 2.59 bits per heavy atom. The quantitative estimate of drug-likeness (QED) is 0.210. The summed E-state index contributed by atoms with van der Waals surface area (Å²) in [5.74, 6) is 0.712. The summed E-state index contributed by atoms with van der Waals surface area (Å²) in [6.45, 7) is 0.373. The Balaban J connectivity index is 1.64. The second-order valence-electron chi connectivity index (χ2n) is 7.14. The van der Waals surface area contributed by atoms with Gasteiger partial charge in [-0.3, -0.25) is 0 Å². The summed E-state index contributed by atoms with van der Waals surface area (Å²) in [6, 6.07) is 26.0. The van der Waals surface area contributed by atoms with Crippen LogP contribution in [0.1, 0.15) is 16.7 Å². The number of hydrogen-bond acceptors (Lipinski definition) is 3. The van der Waals surface area contributed by atoms with Gasteiger partial charge in [-0.05, 0) is 73.7 Å². The van der Waals surface area contributed by atoms with Crippen LogP contribution in [0.2, 0.25) is 0 Å². The SMILES string of the molecule is COc1cc(/C=C(\C#N)c2cccc(F)c2)cc(Br)c1OCc1cccc2ccccc12. The molecule has 0 saturated heterocycles. The zero-order valence-corrected chi connectivity index (χ0v) is 18.9. The van der Waals surface area contributed by atoms with Gasteiger partial charge in [-0.25, -0.2) is 4.39 Å². The number of nitrogens with zero attached hydrogens (tertiary/aromatic N) is 1. The van der Waals surface area contributed by atoms with Crippen LogP contribution in [0, 0.1) is 17.1 Å². The van der Waals surface area contributed by atoms with Crippen LogP contribution in [0.5, 0.6) is 11.5 Å². The third-order valence-corrected chi connectivity index (χ3v) is 5.66. The number of methoxy groups -OCH3 is 1. The van der Waals surface area contributed by atoms with Crippen LogP contribution in [-0.4, -0.2) is 7.11 Å². The first-order valence-corrected chi connectivity index (χ1v) is 10.7. The maximum Gasteiger partial charge on any atom is 0.175 e. The molecule has 0 N–H and O–H groups in total. The Hall–Kier alpha value is -3.62. The number of ether oxygens (including phenoxy) is 2. The monoisotopic (exact) mass is 487 g/mol. The molecule has 5 heteroatoms. The van der Waals surface area contributed by atoms with E-state index in [1.807, 2.05) is 30.3 Å². The van der Waals surface area contributed by atoms with Gasteiger partial charge in [0.05, 0.1) is 23.2 Å². The van der Waals surface area contributed by atoms with Crippen molar-refractivity contribution in [1.82, 2.24) is 0 Å². The zero-order chi connectivity index (χ0) is 22.5. The summed E-state index contributed by atoms with van der Waals surface area (Å²) >= 11 is 3.56. The number of nitriles is 1. The van der Waals surface area contributed by atoms with Crippen LogP contribution in [-0.2, 0) is 6.61 Å². The van der Waals surface area contributed by atoms with Crippen LogP contribution in [0.4, 0.5) is 4.39 Å². The van der Waals surface area contributed by atoms with Crippen LogP contribution in [0.3, 0.4) is 0 Å². The van der Waals surface area contributed by atoms with E-state index in [2.05, 4.69) is 40.2 Å². The predicted octanol–water partition coefficient (Wildman–Crippen LogP) is 7.39. The molecule has 0 unspecified atom stereocenters. The third kappa shape index (κ3) is 4.66. The summed E-state index contributed by atoms with van der Waals surface area (Å²) in [4.78, 5) is 0. The molecule has 3 nitrogen and oxygen atoms in total. The highest BCUT2D eigenvalue weighted by Gasteiger charge is 2.13. The maximum absolute atomic E-state index is 13.6. The van der Waals surface area contributed by atoms with Gasteiger partial charge in [0.2, 0.25) is 0 Å². The van der Waals surface area contributed by atoms with Gasteiger partial charge >= 0.3 is 0 Å². The smallest absolute Gasteiger partial charge is 0.175 e. The molecule has 0 saturated carbocycles. The van der Waals surface area contributed by atoms with Gasteiger partial charge in [0, 0.05) is 0 Å². The van der Waals surface area contributed by atoms with Crippen molar-refractivity contribution in [2.75, 3.05) is 7.11 Å². The Morgan fingerprint density at radius 2 is 1.81 bits per heavy atom. The number of allylic oxidation sites excluding steroid dienone is 1. The van der Waals surface area contributed by atoms with E-state index in [4.69, 9.17) is 9.47 Å². The first-order valence-electron chi connectivity index (χ1n) is 9.94. The fraction of sp³-hybridized carbons (Fsp3) is 0.0741.